The molecule has 0 fully saturated rings. The maximum atomic E-state index is 11.8. The molecule has 0 saturated heterocycles. The van der Waals surface area contributed by atoms with Crippen LogP contribution in [0.3, 0.4) is 0 Å². The highest BCUT2D eigenvalue weighted by Crippen LogP contribution is 2.12. The molecule has 8 heteroatoms. The number of carbonyl (C=O) groups is 2. The van der Waals surface area contributed by atoms with Crippen molar-refractivity contribution in [1.82, 2.24) is 9.64 Å². The van der Waals surface area contributed by atoms with Crippen molar-refractivity contribution in [2.24, 2.45) is 0 Å². The molecular weight excluding hydrogens is 292 g/mol. The van der Waals surface area contributed by atoms with Gasteiger partial charge in [0.15, 0.2) is 0 Å². The molecule has 0 saturated carbocycles. The van der Waals surface area contributed by atoms with Crippen LogP contribution in [0.2, 0.25) is 0 Å². The van der Waals surface area contributed by atoms with Crippen molar-refractivity contribution in [3.05, 3.63) is 33.8 Å². The van der Waals surface area contributed by atoms with Gasteiger partial charge in [-0.1, -0.05) is 0 Å². The summed E-state index contributed by atoms with van der Waals surface area (Å²) in [5.74, 6) is -1.62. The van der Waals surface area contributed by atoms with Gasteiger partial charge in [0, 0.05) is 31.7 Å². The minimum Gasteiger partial charge on any atom is -0.478 e. The first kappa shape index (κ1) is 17.7. The molecule has 1 aliphatic rings. The van der Waals surface area contributed by atoms with Crippen LogP contribution in [0.15, 0.2) is 21.5 Å². The first-order valence-electron chi connectivity index (χ1n) is 6.89. The molecule has 0 atom stereocenters. The fourth-order valence-electron chi connectivity index (χ4n) is 2.00. The van der Waals surface area contributed by atoms with Crippen LogP contribution in [-0.4, -0.2) is 51.9 Å². The molecule has 22 heavy (non-hydrogen) atoms. The second kappa shape index (κ2) is 8.18. The van der Waals surface area contributed by atoms with E-state index in [0.29, 0.717) is 18.7 Å². The third kappa shape index (κ3) is 5.21. The Hall–Kier alpha value is -2.35. The van der Waals surface area contributed by atoms with Crippen LogP contribution in [0.25, 0.3) is 0 Å². The molecule has 8 nitrogen and oxygen atoms in total. The molecule has 1 aromatic heterocycles. The van der Waals surface area contributed by atoms with Crippen LogP contribution < -0.4 is 5.56 Å². The Morgan fingerprint density at radius 3 is 2.23 bits per heavy atom. The van der Waals surface area contributed by atoms with Crippen molar-refractivity contribution in [3.63, 3.8) is 0 Å². The quantitative estimate of drug-likeness (QED) is 0.767. The largest absolute Gasteiger partial charge is 0.478 e. The highest BCUT2D eigenvalue weighted by molar-refractivity contribution is 5.89. The summed E-state index contributed by atoms with van der Waals surface area (Å²) in [7, 11) is 2.07. The van der Waals surface area contributed by atoms with Gasteiger partial charge in [0.05, 0.1) is 12.1 Å². The SMILES string of the molecule is CCn1oc2c(c1=O)CCN(C)CC2.O=C(O)/C=C/C(=O)O. The predicted molar refractivity (Wildman–Crippen MR) is 78.0 cm³/mol. The van der Waals surface area contributed by atoms with E-state index in [1.54, 1.807) is 0 Å². The number of carboxylic acid groups (broad SMARTS) is 2. The molecule has 2 N–H and O–H groups in total. The number of hydrogen-bond acceptors (Lipinski definition) is 5. The summed E-state index contributed by atoms with van der Waals surface area (Å²) in [5.41, 5.74) is 0.953. The van der Waals surface area contributed by atoms with Crippen molar-refractivity contribution in [2.75, 3.05) is 20.1 Å². The number of fused-ring (bicyclic) bond motifs is 1. The Kier molecular flexibility index (Phi) is 6.58. The number of carboxylic acids is 2. The van der Waals surface area contributed by atoms with E-state index in [1.807, 2.05) is 6.92 Å². The smallest absolute Gasteiger partial charge is 0.328 e. The van der Waals surface area contributed by atoms with Gasteiger partial charge in [-0.2, -0.15) is 4.74 Å². The standard InChI is InChI=1S/C10H16N2O2.C4H4O4/c1-3-12-10(13)8-4-6-11(2)7-5-9(8)14-12;5-3(6)1-2-4(7)8/h3-7H2,1-2H3;1-2H,(H,5,6)(H,7,8)/b;2-1+. The average molecular weight is 312 g/mol. The first-order valence-corrected chi connectivity index (χ1v) is 6.89. The number of nitrogens with zero attached hydrogens (tertiary/aromatic N) is 2. The number of aryl methyl sites for hydroxylation is 1. The van der Waals surface area contributed by atoms with Crippen molar-refractivity contribution in [1.29, 1.82) is 0 Å². The normalized spacial score (nSPS) is 14.8. The second-order valence-electron chi connectivity index (χ2n) is 4.81. The lowest BCUT2D eigenvalue weighted by Gasteiger charge is -2.10. The summed E-state index contributed by atoms with van der Waals surface area (Å²) in [6.45, 7) is 4.48. The molecule has 1 aromatic rings. The molecule has 0 aliphatic carbocycles. The predicted octanol–water partition coefficient (Wildman–Crippen LogP) is 0.203. The summed E-state index contributed by atoms with van der Waals surface area (Å²) in [5, 5.41) is 15.6. The maximum absolute atomic E-state index is 11.8. The number of rotatable bonds is 3. The van der Waals surface area contributed by atoms with Gasteiger partial charge in [0.25, 0.3) is 5.56 Å². The Morgan fingerprint density at radius 1 is 1.18 bits per heavy atom. The molecule has 0 bridgehead atoms. The van der Waals surface area contributed by atoms with Gasteiger partial charge in [-0.15, -0.1) is 0 Å². The number of hydrogen-bond donors (Lipinski definition) is 2. The Balaban J connectivity index is 0.000000261. The van der Waals surface area contributed by atoms with E-state index in [0.717, 1.165) is 37.3 Å². The van der Waals surface area contributed by atoms with Crippen molar-refractivity contribution in [2.45, 2.75) is 26.3 Å². The highest BCUT2D eigenvalue weighted by Gasteiger charge is 2.19. The van der Waals surface area contributed by atoms with Crippen LogP contribution in [-0.2, 0) is 29.0 Å². The lowest BCUT2D eigenvalue weighted by Crippen LogP contribution is -2.23. The molecule has 2 heterocycles. The van der Waals surface area contributed by atoms with E-state index < -0.39 is 11.9 Å². The molecule has 0 radical (unpaired) electrons. The van der Waals surface area contributed by atoms with Crippen LogP contribution in [0.1, 0.15) is 18.2 Å². The van der Waals surface area contributed by atoms with Gasteiger partial charge in [0.1, 0.15) is 5.76 Å². The molecular formula is C14H20N2O6. The van der Waals surface area contributed by atoms with Crippen LogP contribution in [0.5, 0.6) is 0 Å². The lowest BCUT2D eigenvalue weighted by atomic mass is 10.2. The summed E-state index contributed by atoms with van der Waals surface area (Å²) in [4.78, 5) is 33.1. The van der Waals surface area contributed by atoms with Crippen LogP contribution in [0.4, 0.5) is 0 Å². The monoisotopic (exact) mass is 312 g/mol. The average Bonchev–Trinajstić information content (AvgIpc) is 2.64. The van der Waals surface area contributed by atoms with Crippen molar-refractivity contribution < 1.29 is 24.3 Å². The third-order valence-electron chi connectivity index (χ3n) is 3.16. The van der Waals surface area contributed by atoms with Gasteiger partial charge >= 0.3 is 11.9 Å². The molecule has 0 unspecified atom stereocenters. The third-order valence-corrected chi connectivity index (χ3v) is 3.16. The Morgan fingerprint density at radius 2 is 1.73 bits per heavy atom. The number of aromatic nitrogens is 1. The zero-order chi connectivity index (χ0) is 16.7. The molecule has 2 rings (SSSR count). The fraction of sp³-hybridized carbons (Fsp3) is 0.500. The van der Waals surface area contributed by atoms with E-state index >= 15 is 0 Å². The minimum atomic E-state index is -1.26. The van der Waals surface area contributed by atoms with E-state index in [2.05, 4.69) is 11.9 Å². The zero-order valence-electron chi connectivity index (χ0n) is 12.6. The zero-order valence-corrected chi connectivity index (χ0v) is 12.6. The molecule has 0 spiro atoms. The molecule has 122 valence electrons. The summed E-state index contributed by atoms with van der Waals surface area (Å²) < 4.78 is 6.95. The van der Waals surface area contributed by atoms with E-state index in [9.17, 15) is 14.4 Å². The first-order chi connectivity index (χ1) is 10.3. The van der Waals surface area contributed by atoms with E-state index in [-0.39, 0.29) is 5.56 Å². The lowest BCUT2D eigenvalue weighted by molar-refractivity contribution is -0.134. The summed E-state index contributed by atoms with van der Waals surface area (Å²) >= 11 is 0. The molecule has 1 aliphatic heterocycles. The van der Waals surface area contributed by atoms with Gasteiger partial charge in [0.2, 0.25) is 0 Å². The Labute approximate surface area is 127 Å². The van der Waals surface area contributed by atoms with Gasteiger partial charge in [-0.25, -0.2) is 9.59 Å². The van der Waals surface area contributed by atoms with E-state index in [1.165, 1.54) is 4.74 Å². The Bertz CT molecular complexity index is 597. The highest BCUT2D eigenvalue weighted by atomic mass is 16.5. The number of aliphatic carboxylic acids is 2. The van der Waals surface area contributed by atoms with Gasteiger partial charge in [-0.05, 0) is 20.4 Å². The van der Waals surface area contributed by atoms with Crippen molar-refractivity contribution >= 4 is 11.9 Å². The van der Waals surface area contributed by atoms with Gasteiger partial charge < -0.3 is 19.6 Å². The summed E-state index contributed by atoms with van der Waals surface area (Å²) in [6, 6.07) is 0. The van der Waals surface area contributed by atoms with Crippen LogP contribution in [0, 0.1) is 0 Å². The minimum absolute atomic E-state index is 0.0674. The number of likely N-dealkylation sites (N-methyl/N-ethyl adjacent to an activating group) is 1. The topological polar surface area (TPSA) is 113 Å². The van der Waals surface area contributed by atoms with E-state index in [4.69, 9.17) is 14.7 Å². The van der Waals surface area contributed by atoms with Crippen LogP contribution >= 0.6 is 0 Å². The summed E-state index contributed by atoms with van der Waals surface area (Å²) in [6.07, 6.45) is 2.79. The molecule has 0 amide bonds. The van der Waals surface area contributed by atoms with Gasteiger partial charge in [-0.3, -0.25) is 4.79 Å². The second-order valence-corrected chi connectivity index (χ2v) is 4.81. The molecule has 0 aromatic carbocycles. The fourth-order valence-corrected chi connectivity index (χ4v) is 2.00. The van der Waals surface area contributed by atoms with Crippen molar-refractivity contribution in [3.8, 4) is 0 Å². The maximum Gasteiger partial charge on any atom is 0.328 e.